The molecule has 1 atom stereocenters. The maximum atomic E-state index is 14.9. The van der Waals surface area contributed by atoms with E-state index in [1.54, 1.807) is 17.5 Å². The predicted molar refractivity (Wildman–Crippen MR) is 118 cm³/mol. The summed E-state index contributed by atoms with van der Waals surface area (Å²) in [7, 11) is 0. The number of rotatable bonds is 7. The van der Waals surface area contributed by atoms with E-state index < -0.39 is 23.5 Å². The van der Waals surface area contributed by atoms with Gasteiger partial charge >= 0.3 is 0 Å². The van der Waals surface area contributed by atoms with E-state index in [0.717, 1.165) is 12.1 Å². The highest BCUT2D eigenvalue weighted by Crippen LogP contribution is 2.37. The highest BCUT2D eigenvalue weighted by atomic mass is 32.1. The fourth-order valence-corrected chi connectivity index (χ4v) is 4.39. The largest absolute Gasteiger partial charge is 0.383 e. The Labute approximate surface area is 181 Å². The van der Waals surface area contributed by atoms with Gasteiger partial charge in [0.2, 0.25) is 0 Å². The molecule has 0 spiro atoms. The molecule has 0 saturated heterocycles. The van der Waals surface area contributed by atoms with Gasteiger partial charge in [0, 0.05) is 34.3 Å². The molecular formula is C22H20F3N5S. The molecule has 2 heterocycles. The van der Waals surface area contributed by atoms with Gasteiger partial charge in [-0.2, -0.15) is 0 Å². The molecule has 0 aliphatic carbocycles. The first kappa shape index (κ1) is 21.1. The Morgan fingerprint density at radius 2 is 1.87 bits per heavy atom. The van der Waals surface area contributed by atoms with E-state index in [-0.39, 0.29) is 12.1 Å². The molecule has 0 saturated carbocycles. The van der Waals surface area contributed by atoms with Gasteiger partial charge in [0.25, 0.3) is 0 Å². The number of halogens is 3. The molecule has 0 aliphatic heterocycles. The van der Waals surface area contributed by atoms with Crippen molar-refractivity contribution in [3.8, 4) is 11.1 Å². The third-order valence-corrected chi connectivity index (χ3v) is 5.84. The zero-order valence-electron chi connectivity index (χ0n) is 16.6. The van der Waals surface area contributed by atoms with Gasteiger partial charge in [0.1, 0.15) is 34.4 Å². The SMILES string of the molecule is CCNC(CNc1ccc(-c2csc3ncnc(N)c23)c(F)c1)c1cc(F)ccc1F. The maximum Gasteiger partial charge on any atom is 0.136 e. The van der Waals surface area contributed by atoms with Gasteiger partial charge in [-0.15, -0.1) is 11.3 Å². The van der Waals surface area contributed by atoms with Crippen molar-refractivity contribution in [3.63, 3.8) is 0 Å². The van der Waals surface area contributed by atoms with Crippen LogP contribution in [0.4, 0.5) is 24.7 Å². The fraction of sp³-hybridized carbons (Fsp3) is 0.182. The zero-order chi connectivity index (χ0) is 22.0. The highest BCUT2D eigenvalue weighted by molar-refractivity contribution is 7.17. The fourth-order valence-electron chi connectivity index (χ4n) is 3.48. The van der Waals surface area contributed by atoms with Crippen LogP contribution in [0.2, 0.25) is 0 Å². The lowest BCUT2D eigenvalue weighted by Crippen LogP contribution is -2.28. The summed E-state index contributed by atoms with van der Waals surface area (Å²) in [6.07, 6.45) is 1.38. The summed E-state index contributed by atoms with van der Waals surface area (Å²) in [5.41, 5.74) is 7.72. The van der Waals surface area contributed by atoms with Gasteiger partial charge < -0.3 is 16.4 Å². The Hall–Kier alpha value is -3.17. The van der Waals surface area contributed by atoms with Crippen molar-refractivity contribution in [1.29, 1.82) is 0 Å². The van der Waals surface area contributed by atoms with Crippen molar-refractivity contribution < 1.29 is 13.2 Å². The second-order valence-electron chi connectivity index (χ2n) is 6.94. The molecule has 4 aromatic rings. The second-order valence-corrected chi connectivity index (χ2v) is 7.80. The van der Waals surface area contributed by atoms with Crippen molar-refractivity contribution in [1.82, 2.24) is 15.3 Å². The molecule has 1 unspecified atom stereocenters. The molecule has 5 nitrogen and oxygen atoms in total. The van der Waals surface area contributed by atoms with E-state index >= 15 is 0 Å². The number of nitrogen functional groups attached to an aromatic ring is 1. The monoisotopic (exact) mass is 443 g/mol. The number of nitrogens with two attached hydrogens (primary N) is 1. The smallest absolute Gasteiger partial charge is 0.136 e. The van der Waals surface area contributed by atoms with Crippen LogP contribution in [0.1, 0.15) is 18.5 Å². The lowest BCUT2D eigenvalue weighted by molar-refractivity contribution is 0.517. The normalized spacial score (nSPS) is 12.3. The molecule has 0 amide bonds. The van der Waals surface area contributed by atoms with Crippen LogP contribution in [0.25, 0.3) is 21.3 Å². The van der Waals surface area contributed by atoms with Gasteiger partial charge in [-0.3, -0.25) is 0 Å². The maximum absolute atomic E-state index is 14.9. The van der Waals surface area contributed by atoms with Gasteiger partial charge in [0.05, 0.1) is 11.4 Å². The van der Waals surface area contributed by atoms with Crippen molar-refractivity contribution in [2.45, 2.75) is 13.0 Å². The summed E-state index contributed by atoms with van der Waals surface area (Å²) >= 11 is 1.37. The molecule has 2 aromatic heterocycles. The molecule has 0 aliphatic rings. The Balaban J connectivity index is 1.57. The van der Waals surface area contributed by atoms with Crippen LogP contribution in [0.3, 0.4) is 0 Å². The van der Waals surface area contributed by atoms with Gasteiger partial charge in [-0.25, -0.2) is 23.1 Å². The molecule has 4 rings (SSSR count). The second kappa shape index (κ2) is 8.91. The van der Waals surface area contributed by atoms with Crippen molar-refractivity contribution in [2.24, 2.45) is 0 Å². The number of nitrogens with one attached hydrogen (secondary N) is 2. The Morgan fingerprint density at radius 3 is 2.65 bits per heavy atom. The lowest BCUT2D eigenvalue weighted by Gasteiger charge is -2.20. The van der Waals surface area contributed by atoms with E-state index in [1.165, 1.54) is 29.8 Å². The number of fused-ring (bicyclic) bond motifs is 1. The van der Waals surface area contributed by atoms with Crippen LogP contribution in [0.15, 0.2) is 48.1 Å². The summed E-state index contributed by atoms with van der Waals surface area (Å²) in [5.74, 6) is -1.15. The summed E-state index contributed by atoms with van der Waals surface area (Å²) in [4.78, 5) is 8.86. The molecule has 0 bridgehead atoms. The number of hydrogen-bond donors (Lipinski definition) is 3. The molecule has 31 heavy (non-hydrogen) atoms. The molecule has 9 heteroatoms. The van der Waals surface area contributed by atoms with E-state index in [2.05, 4.69) is 20.6 Å². The number of anilines is 2. The van der Waals surface area contributed by atoms with Crippen LogP contribution in [0, 0.1) is 17.5 Å². The first-order valence-corrected chi connectivity index (χ1v) is 10.6. The van der Waals surface area contributed by atoms with Crippen LogP contribution < -0.4 is 16.4 Å². The Kier molecular flexibility index (Phi) is 6.06. The Morgan fingerprint density at radius 1 is 1.03 bits per heavy atom. The van der Waals surface area contributed by atoms with Crippen molar-refractivity contribution in [3.05, 3.63) is 71.1 Å². The number of hydrogen-bond acceptors (Lipinski definition) is 6. The quantitative estimate of drug-likeness (QED) is 0.370. The van der Waals surface area contributed by atoms with E-state index in [9.17, 15) is 13.2 Å². The highest BCUT2D eigenvalue weighted by Gasteiger charge is 2.17. The molecule has 160 valence electrons. The standard InChI is InChI=1S/C22H20F3N5S/c1-2-27-19(15-7-12(23)3-6-17(15)24)9-28-13-4-5-14(18(25)8-13)16-10-31-22-20(16)21(26)29-11-30-22/h3-8,10-11,19,27-28H,2,9H2,1H3,(H2,26,29,30). The lowest BCUT2D eigenvalue weighted by atomic mass is 10.0. The zero-order valence-corrected chi connectivity index (χ0v) is 17.4. The summed E-state index contributed by atoms with van der Waals surface area (Å²) < 4.78 is 42.7. The molecule has 4 N–H and O–H groups in total. The van der Waals surface area contributed by atoms with Crippen LogP contribution in [0.5, 0.6) is 0 Å². The predicted octanol–water partition coefficient (Wildman–Crippen LogP) is 5.12. The minimum absolute atomic E-state index is 0.215. The van der Waals surface area contributed by atoms with Crippen LogP contribution in [-0.4, -0.2) is 23.1 Å². The van der Waals surface area contributed by atoms with Crippen molar-refractivity contribution >= 4 is 33.1 Å². The van der Waals surface area contributed by atoms with E-state index in [4.69, 9.17) is 5.73 Å². The third kappa shape index (κ3) is 4.33. The number of aromatic nitrogens is 2. The Bertz CT molecular complexity index is 1230. The number of likely N-dealkylation sites (N-methyl/N-ethyl adjacent to an activating group) is 1. The van der Waals surface area contributed by atoms with Crippen LogP contribution >= 0.6 is 11.3 Å². The van der Waals surface area contributed by atoms with Gasteiger partial charge in [-0.1, -0.05) is 6.92 Å². The number of thiophene rings is 1. The van der Waals surface area contributed by atoms with E-state index in [1.807, 2.05) is 6.92 Å². The molecule has 0 radical (unpaired) electrons. The summed E-state index contributed by atoms with van der Waals surface area (Å²) in [5, 5.41) is 8.65. The number of benzene rings is 2. The van der Waals surface area contributed by atoms with Crippen molar-refractivity contribution in [2.75, 3.05) is 24.1 Å². The van der Waals surface area contributed by atoms with Crippen LogP contribution in [-0.2, 0) is 0 Å². The minimum atomic E-state index is -0.513. The first-order chi connectivity index (χ1) is 15.0. The van der Waals surface area contributed by atoms with Gasteiger partial charge in [0.15, 0.2) is 0 Å². The minimum Gasteiger partial charge on any atom is -0.383 e. The summed E-state index contributed by atoms with van der Waals surface area (Å²) in [6.45, 7) is 2.68. The molecule has 0 fully saturated rings. The topological polar surface area (TPSA) is 75.9 Å². The summed E-state index contributed by atoms with van der Waals surface area (Å²) in [6, 6.07) is 7.61. The molecule has 2 aromatic carbocycles. The number of nitrogens with zero attached hydrogens (tertiary/aromatic N) is 2. The molecular weight excluding hydrogens is 423 g/mol. The third-order valence-electron chi connectivity index (χ3n) is 4.95. The average molecular weight is 443 g/mol. The van der Waals surface area contributed by atoms with Gasteiger partial charge in [-0.05, 0) is 42.9 Å². The first-order valence-electron chi connectivity index (χ1n) is 9.67. The van der Waals surface area contributed by atoms with E-state index in [0.29, 0.717) is 39.4 Å². The average Bonchev–Trinajstić information content (AvgIpc) is 3.18.